The maximum absolute atomic E-state index is 11.9. The molecule has 134 valence electrons. The Bertz CT molecular complexity index is 1320. The second kappa shape index (κ2) is 7.98. The summed E-state index contributed by atoms with van der Waals surface area (Å²) in [5.74, 6) is -0.0649. The third-order valence-corrected chi connectivity index (χ3v) is 5.08. The molecule has 0 fully saturated rings. The van der Waals surface area contributed by atoms with Gasteiger partial charge in [0.1, 0.15) is 0 Å². The number of hydrogen-bond acceptors (Lipinski definition) is 5. The molecule has 0 saturated carbocycles. The Morgan fingerprint density at radius 1 is 0.786 bits per heavy atom. The van der Waals surface area contributed by atoms with E-state index >= 15 is 0 Å². The Morgan fingerprint density at radius 2 is 1.46 bits per heavy atom. The van der Waals surface area contributed by atoms with Crippen LogP contribution in [-0.2, 0) is 10.1 Å². The van der Waals surface area contributed by atoms with Crippen molar-refractivity contribution < 1.29 is 47.6 Å². The molecule has 28 heavy (non-hydrogen) atoms. The number of fused-ring (bicyclic) bond motifs is 2. The van der Waals surface area contributed by atoms with Crippen LogP contribution in [0.15, 0.2) is 87.9 Å². The van der Waals surface area contributed by atoms with Crippen molar-refractivity contribution in [1.82, 2.24) is 0 Å². The summed E-state index contributed by atoms with van der Waals surface area (Å²) in [5, 5.41) is 23.1. The summed E-state index contributed by atoms with van der Waals surface area (Å²) in [6.07, 6.45) is 0. The van der Waals surface area contributed by atoms with Gasteiger partial charge in [-0.05, 0) is 46.5 Å². The fraction of sp³-hybridized carbons (Fsp3) is 0. The second-order valence-corrected chi connectivity index (χ2v) is 7.42. The van der Waals surface area contributed by atoms with E-state index in [0.29, 0.717) is 22.1 Å². The van der Waals surface area contributed by atoms with Gasteiger partial charge in [-0.25, -0.2) is 0 Å². The summed E-state index contributed by atoms with van der Waals surface area (Å²) in [6.45, 7) is 0. The number of rotatable bonds is 3. The van der Waals surface area contributed by atoms with Crippen LogP contribution >= 0.6 is 0 Å². The van der Waals surface area contributed by atoms with Crippen LogP contribution in [0.25, 0.3) is 21.5 Å². The van der Waals surface area contributed by atoms with Gasteiger partial charge in [0.15, 0.2) is 0 Å². The molecule has 0 saturated heterocycles. The molecule has 0 aliphatic heterocycles. The summed E-state index contributed by atoms with van der Waals surface area (Å²) in [6, 6.07) is 19.8. The number of azo groups is 1. The summed E-state index contributed by atoms with van der Waals surface area (Å²) in [5.41, 5.74) is 1.17. The molecule has 4 aromatic carbocycles. The Labute approximate surface area is 183 Å². The first kappa shape index (κ1) is 20.4. The standard InChI is InChI=1S/C20H14N2O4S.Na/c23-20-10-9-19(17-3-1-2-4-18(17)20)22-21-15-7-5-14-12-16(27(24,25)26)8-6-13(14)11-15;/h1-12,23H,(H,24,25,26);/q;+1/p-1. The molecule has 0 amide bonds. The van der Waals surface area contributed by atoms with E-state index in [1.807, 2.05) is 12.1 Å². The minimum atomic E-state index is -4.24. The van der Waals surface area contributed by atoms with Gasteiger partial charge in [-0.15, -0.1) is 10.9 Å². The molecule has 0 radical (unpaired) electrons. The molecule has 4 aromatic rings. The van der Waals surface area contributed by atoms with Crippen LogP contribution in [-0.4, -0.2) is 13.0 Å². The van der Waals surface area contributed by atoms with Crippen LogP contribution in [0.2, 0.25) is 0 Å². The summed E-state index contributed by atoms with van der Waals surface area (Å²) in [7, 11) is -4.24. The van der Waals surface area contributed by atoms with E-state index < -0.39 is 10.1 Å². The topological polar surface area (TPSA) is 102 Å². The zero-order valence-electron chi connectivity index (χ0n) is 14.9. The molecule has 0 bridgehead atoms. The second-order valence-electron chi connectivity index (χ2n) is 6.00. The molecule has 0 spiro atoms. The van der Waals surface area contributed by atoms with E-state index in [1.54, 1.807) is 42.5 Å². The third kappa shape index (κ3) is 4.09. The van der Waals surface area contributed by atoms with Crippen LogP contribution < -0.4 is 34.7 Å². The van der Waals surface area contributed by atoms with Crippen LogP contribution in [0, 0.1) is 0 Å². The van der Waals surface area contributed by atoms with E-state index in [9.17, 15) is 13.5 Å². The van der Waals surface area contributed by atoms with Gasteiger partial charge in [-0.3, -0.25) is 4.55 Å². The van der Waals surface area contributed by atoms with Crippen LogP contribution in [0.1, 0.15) is 0 Å². The average molecular weight is 400 g/mol. The van der Waals surface area contributed by atoms with E-state index in [2.05, 4.69) is 10.2 Å². The zero-order chi connectivity index (χ0) is 19.0. The number of nitrogens with zero attached hydrogens (tertiary/aromatic N) is 2. The molecule has 0 aromatic heterocycles. The SMILES string of the molecule is O=S(=O)(O)c1ccc2cc(N=Nc3ccc([O-])c4ccccc34)ccc2c1.[Na+]. The van der Waals surface area contributed by atoms with Crippen molar-refractivity contribution >= 4 is 43.0 Å². The first-order valence-corrected chi connectivity index (χ1v) is 9.48. The number of benzene rings is 4. The Balaban J connectivity index is 0.00000225. The Kier molecular flexibility index (Phi) is 5.83. The maximum atomic E-state index is 11.9. The summed E-state index contributed by atoms with van der Waals surface area (Å²) in [4.78, 5) is -0.159. The molecular formula is C20H13N2NaO4S. The van der Waals surface area contributed by atoms with Crippen molar-refractivity contribution in [3.8, 4) is 5.75 Å². The van der Waals surface area contributed by atoms with Crippen LogP contribution in [0.3, 0.4) is 0 Å². The smallest absolute Gasteiger partial charge is 0.872 e. The largest absolute Gasteiger partial charge is 1.00 e. The molecule has 0 atom stereocenters. The normalized spacial score (nSPS) is 11.8. The fourth-order valence-electron chi connectivity index (χ4n) is 2.89. The van der Waals surface area contributed by atoms with Gasteiger partial charge >= 0.3 is 29.6 Å². The minimum absolute atomic E-state index is 0. The maximum Gasteiger partial charge on any atom is 1.00 e. The van der Waals surface area contributed by atoms with Crippen molar-refractivity contribution in [1.29, 1.82) is 0 Å². The van der Waals surface area contributed by atoms with E-state index in [0.717, 1.165) is 10.8 Å². The van der Waals surface area contributed by atoms with Crippen LogP contribution in [0.5, 0.6) is 5.75 Å². The zero-order valence-corrected chi connectivity index (χ0v) is 17.7. The van der Waals surface area contributed by atoms with Crippen molar-refractivity contribution in [3.63, 3.8) is 0 Å². The van der Waals surface area contributed by atoms with Gasteiger partial charge in [0.2, 0.25) is 0 Å². The Morgan fingerprint density at radius 3 is 2.21 bits per heavy atom. The number of hydrogen-bond donors (Lipinski definition) is 1. The van der Waals surface area contributed by atoms with Crippen molar-refractivity contribution in [3.05, 3.63) is 72.8 Å². The minimum Gasteiger partial charge on any atom is -0.872 e. The molecule has 6 nitrogen and oxygen atoms in total. The van der Waals surface area contributed by atoms with Crippen molar-refractivity contribution in [2.24, 2.45) is 10.2 Å². The molecule has 0 heterocycles. The first-order chi connectivity index (χ1) is 12.9. The predicted molar refractivity (Wildman–Crippen MR) is 101 cm³/mol. The van der Waals surface area contributed by atoms with Gasteiger partial charge in [0.25, 0.3) is 10.1 Å². The van der Waals surface area contributed by atoms with Gasteiger partial charge in [0.05, 0.1) is 16.3 Å². The molecule has 1 N–H and O–H groups in total. The van der Waals surface area contributed by atoms with E-state index in [1.165, 1.54) is 18.2 Å². The van der Waals surface area contributed by atoms with Crippen molar-refractivity contribution in [2.75, 3.05) is 0 Å². The molecule has 8 heteroatoms. The Hall–Kier alpha value is -2.29. The molecule has 4 rings (SSSR count). The quantitative estimate of drug-likeness (QED) is 0.321. The van der Waals surface area contributed by atoms with E-state index in [-0.39, 0.29) is 40.2 Å². The van der Waals surface area contributed by atoms with E-state index in [4.69, 9.17) is 4.55 Å². The molecule has 0 aliphatic carbocycles. The summed E-state index contributed by atoms with van der Waals surface area (Å²) < 4.78 is 31.6. The van der Waals surface area contributed by atoms with Crippen molar-refractivity contribution in [2.45, 2.75) is 4.90 Å². The monoisotopic (exact) mass is 400 g/mol. The van der Waals surface area contributed by atoms with Gasteiger partial charge < -0.3 is 5.11 Å². The molecular weight excluding hydrogens is 387 g/mol. The predicted octanol–water partition coefficient (Wildman–Crippen LogP) is 1.73. The van der Waals surface area contributed by atoms with Gasteiger partial charge in [-0.2, -0.15) is 13.5 Å². The average Bonchev–Trinajstić information content (AvgIpc) is 2.66. The third-order valence-electron chi connectivity index (χ3n) is 4.23. The fourth-order valence-corrected chi connectivity index (χ4v) is 3.40. The van der Waals surface area contributed by atoms with Crippen LogP contribution in [0.4, 0.5) is 11.4 Å². The molecule has 0 aliphatic rings. The summed E-state index contributed by atoms with van der Waals surface area (Å²) >= 11 is 0. The molecule has 0 unspecified atom stereocenters. The van der Waals surface area contributed by atoms with Gasteiger partial charge in [-0.1, -0.05) is 42.5 Å². The van der Waals surface area contributed by atoms with Gasteiger partial charge in [0, 0.05) is 5.39 Å². The first-order valence-electron chi connectivity index (χ1n) is 8.04.